The molecule has 2 aromatic rings. The summed E-state index contributed by atoms with van der Waals surface area (Å²) in [6.07, 6.45) is 3.77. The molecule has 0 aliphatic rings. The first-order chi connectivity index (χ1) is 11.1. The van der Waals surface area contributed by atoms with Crippen LogP contribution in [0.2, 0.25) is 0 Å². The number of hydrogen-bond donors (Lipinski definition) is 1. The second-order valence-corrected chi connectivity index (χ2v) is 4.72. The van der Waals surface area contributed by atoms with E-state index < -0.39 is 0 Å². The standard InChI is InChI=1S/C18H20O5/c1-20-14-9-12(10-15(11-14)21-2)5-6-13-7-8-16(19)18(23-4)17(13)22-3/h5-11,19H,1-4H3. The Morgan fingerprint density at radius 1 is 0.739 bits per heavy atom. The largest absolute Gasteiger partial charge is 0.504 e. The van der Waals surface area contributed by atoms with Gasteiger partial charge in [-0.3, -0.25) is 0 Å². The second kappa shape index (κ2) is 7.45. The Bertz CT molecular complexity index is 685. The van der Waals surface area contributed by atoms with Gasteiger partial charge in [-0.1, -0.05) is 12.2 Å². The molecule has 1 N–H and O–H groups in total. The van der Waals surface area contributed by atoms with E-state index in [-0.39, 0.29) is 5.75 Å². The molecular formula is C18H20O5. The van der Waals surface area contributed by atoms with Crippen LogP contribution in [0, 0.1) is 0 Å². The van der Waals surface area contributed by atoms with Crippen molar-refractivity contribution in [1.29, 1.82) is 0 Å². The third-order valence-corrected chi connectivity index (χ3v) is 3.36. The van der Waals surface area contributed by atoms with Crippen LogP contribution in [0.3, 0.4) is 0 Å². The van der Waals surface area contributed by atoms with E-state index in [1.165, 1.54) is 14.2 Å². The van der Waals surface area contributed by atoms with Crippen molar-refractivity contribution < 1.29 is 24.1 Å². The third kappa shape index (κ3) is 3.69. The van der Waals surface area contributed by atoms with Crippen LogP contribution in [0.1, 0.15) is 11.1 Å². The van der Waals surface area contributed by atoms with Crippen LogP contribution >= 0.6 is 0 Å². The maximum atomic E-state index is 9.81. The summed E-state index contributed by atoms with van der Waals surface area (Å²) in [7, 11) is 6.23. The number of hydrogen-bond acceptors (Lipinski definition) is 5. The lowest BCUT2D eigenvalue weighted by molar-refractivity contribution is 0.332. The minimum Gasteiger partial charge on any atom is -0.504 e. The van der Waals surface area contributed by atoms with Gasteiger partial charge in [0, 0.05) is 11.6 Å². The van der Waals surface area contributed by atoms with Crippen molar-refractivity contribution in [3.8, 4) is 28.7 Å². The van der Waals surface area contributed by atoms with Crippen molar-refractivity contribution in [1.82, 2.24) is 0 Å². The lowest BCUT2D eigenvalue weighted by atomic mass is 10.1. The number of benzene rings is 2. The monoisotopic (exact) mass is 316 g/mol. The highest BCUT2D eigenvalue weighted by atomic mass is 16.5. The summed E-state index contributed by atoms with van der Waals surface area (Å²) in [6, 6.07) is 8.91. The van der Waals surface area contributed by atoms with Crippen molar-refractivity contribution in [2.24, 2.45) is 0 Å². The van der Waals surface area contributed by atoms with Gasteiger partial charge < -0.3 is 24.1 Å². The predicted molar refractivity (Wildman–Crippen MR) is 89.7 cm³/mol. The molecule has 0 bridgehead atoms. The Labute approximate surface area is 135 Å². The molecule has 2 aromatic carbocycles. The van der Waals surface area contributed by atoms with Crippen LogP contribution in [-0.4, -0.2) is 33.5 Å². The van der Waals surface area contributed by atoms with Gasteiger partial charge in [0.1, 0.15) is 11.5 Å². The fourth-order valence-corrected chi connectivity index (χ4v) is 2.22. The van der Waals surface area contributed by atoms with Crippen LogP contribution in [-0.2, 0) is 0 Å². The van der Waals surface area contributed by atoms with Gasteiger partial charge in [-0.25, -0.2) is 0 Å². The molecular weight excluding hydrogens is 296 g/mol. The smallest absolute Gasteiger partial charge is 0.203 e. The Kier molecular flexibility index (Phi) is 5.36. The first-order valence-electron chi connectivity index (χ1n) is 6.98. The van der Waals surface area contributed by atoms with E-state index >= 15 is 0 Å². The van der Waals surface area contributed by atoms with Crippen LogP contribution < -0.4 is 18.9 Å². The average Bonchev–Trinajstić information content (AvgIpc) is 2.59. The molecule has 0 heterocycles. The molecule has 23 heavy (non-hydrogen) atoms. The first kappa shape index (κ1) is 16.5. The maximum Gasteiger partial charge on any atom is 0.203 e. The van der Waals surface area contributed by atoms with Gasteiger partial charge in [0.25, 0.3) is 0 Å². The normalized spacial score (nSPS) is 10.6. The Morgan fingerprint density at radius 2 is 1.35 bits per heavy atom. The van der Waals surface area contributed by atoms with E-state index in [4.69, 9.17) is 18.9 Å². The Balaban J connectivity index is 2.41. The van der Waals surface area contributed by atoms with E-state index in [0.29, 0.717) is 23.0 Å². The quantitative estimate of drug-likeness (QED) is 0.825. The molecule has 0 saturated heterocycles. The highest BCUT2D eigenvalue weighted by molar-refractivity contribution is 5.76. The lowest BCUT2D eigenvalue weighted by Crippen LogP contribution is -1.93. The highest BCUT2D eigenvalue weighted by Crippen LogP contribution is 2.39. The predicted octanol–water partition coefficient (Wildman–Crippen LogP) is 3.60. The summed E-state index contributed by atoms with van der Waals surface area (Å²) < 4.78 is 21.0. The van der Waals surface area contributed by atoms with Gasteiger partial charge in [-0.05, 0) is 29.8 Å². The molecule has 0 aliphatic heterocycles. The molecule has 5 nitrogen and oxygen atoms in total. The van der Waals surface area contributed by atoms with Crippen molar-refractivity contribution in [3.05, 3.63) is 41.5 Å². The molecule has 0 unspecified atom stereocenters. The van der Waals surface area contributed by atoms with Crippen molar-refractivity contribution in [2.75, 3.05) is 28.4 Å². The maximum absolute atomic E-state index is 9.81. The number of methoxy groups -OCH3 is 4. The summed E-state index contributed by atoms with van der Waals surface area (Å²) in [5, 5.41) is 9.81. The molecule has 0 aromatic heterocycles. The van der Waals surface area contributed by atoms with Gasteiger partial charge in [0.05, 0.1) is 28.4 Å². The lowest BCUT2D eigenvalue weighted by Gasteiger charge is -2.12. The Hall–Kier alpha value is -2.82. The zero-order valence-corrected chi connectivity index (χ0v) is 13.6. The van der Waals surface area contributed by atoms with Gasteiger partial charge >= 0.3 is 0 Å². The molecule has 0 fully saturated rings. The molecule has 0 atom stereocenters. The van der Waals surface area contributed by atoms with E-state index in [2.05, 4.69) is 0 Å². The SMILES string of the molecule is COc1cc(C=Cc2ccc(O)c(OC)c2OC)cc(OC)c1. The molecule has 5 heteroatoms. The molecule has 0 saturated carbocycles. The third-order valence-electron chi connectivity index (χ3n) is 3.36. The van der Waals surface area contributed by atoms with E-state index in [0.717, 1.165) is 11.1 Å². The number of rotatable bonds is 6. The molecule has 0 aliphatic carbocycles. The van der Waals surface area contributed by atoms with Crippen LogP contribution in [0.4, 0.5) is 0 Å². The highest BCUT2D eigenvalue weighted by Gasteiger charge is 2.12. The number of ether oxygens (including phenoxy) is 4. The van der Waals surface area contributed by atoms with E-state index in [1.807, 2.05) is 30.4 Å². The van der Waals surface area contributed by atoms with Crippen molar-refractivity contribution in [2.45, 2.75) is 0 Å². The number of phenolic OH excluding ortho intramolecular Hbond substituents is 1. The number of aromatic hydroxyl groups is 1. The fourth-order valence-electron chi connectivity index (χ4n) is 2.22. The molecule has 0 radical (unpaired) electrons. The van der Waals surface area contributed by atoms with Gasteiger partial charge in [0.2, 0.25) is 5.75 Å². The topological polar surface area (TPSA) is 57.2 Å². The van der Waals surface area contributed by atoms with Crippen molar-refractivity contribution >= 4 is 12.2 Å². The van der Waals surface area contributed by atoms with E-state index in [1.54, 1.807) is 26.4 Å². The van der Waals surface area contributed by atoms with Crippen molar-refractivity contribution in [3.63, 3.8) is 0 Å². The summed E-state index contributed by atoms with van der Waals surface area (Å²) >= 11 is 0. The molecule has 122 valence electrons. The summed E-state index contributed by atoms with van der Waals surface area (Å²) in [5.74, 6) is 2.22. The van der Waals surface area contributed by atoms with Gasteiger partial charge in [-0.2, -0.15) is 0 Å². The fraction of sp³-hybridized carbons (Fsp3) is 0.222. The number of phenols is 1. The minimum absolute atomic E-state index is 0.0320. The molecule has 2 rings (SSSR count). The zero-order chi connectivity index (χ0) is 16.8. The molecule has 0 amide bonds. The van der Waals surface area contributed by atoms with Gasteiger partial charge in [-0.15, -0.1) is 0 Å². The molecule has 0 spiro atoms. The summed E-state index contributed by atoms with van der Waals surface area (Å²) in [5.41, 5.74) is 1.69. The average molecular weight is 316 g/mol. The first-order valence-corrected chi connectivity index (χ1v) is 6.98. The van der Waals surface area contributed by atoms with Gasteiger partial charge in [0.15, 0.2) is 11.5 Å². The zero-order valence-electron chi connectivity index (χ0n) is 13.6. The van der Waals surface area contributed by atoms with E-state index in [9.17, 15) is 5.11 Å². The van der Waals surface area contributed by atoms with Crippen LogP contribution in [0.15, 0.2) is 30.3 Å². The summed E-state index contributed by atoms with van der Waals surface area (Å²) in [6.45, 7) is 0. The van der Waals surface area contributed by atoms with Crippen LogP contribution in [0.25, 0.3) is 12.2 Å². The second-order valence-electron chi connectivity index (χ2n) is 4.72. The minimum atomic E-state index is 0.0320. The summed E-state index contributed by atoms with van der Waals surface area (Å²) in [4.78, 5) is 0. The Morgan fingerprint density at radius 3 is 1.87 bits per heavy atom. The van der Waals surface area contributed by atoms with Crippen LogP contribution in [0.5, 0.6) is 28.7 Å².